The van der Waals surface area contributed by atoms with Crippen molar-refractivity contribution in [3.05, 3.63) is 64.0 Å². The van der Waals surface area contributed by atoms with Crippen LogP contribution in [0, 0.1) is 0 Å². The minimum atomic E-state index is -0.524. The van der Waals surface area contributed by atoms with Crippen LogP contribution in [0.2, 0.25) is 0 Å². The van der Waals surface area contributed by atoms with Crippen molar-refractivity contribution in [3.8, 4) is 22.6 Å². The highest BCUT2D eigenvalue weighted by Crippen LogP contribution is 2.44. The number of primary amides is 1. The molecular formula is C24H22N2O4S. The molecule has 6 nitrogen and oxygen atoms in total. The standard InChI is InChI=1S/C24H22N2O4S/c25-23(28)22-21-16-6-2-1-4-15(16)5-3-7-19(21)31-24(22)26-20(27)13-14-8-9-17-18(12-14)30-11-10-29-17/h1-2,4,6,8-9,12H,3,5,7,10-11,13H2,(H2,25,28)(H,26,27). The van der Waals surface area contributed by atoms with Crippen LogP contribution in [0.4, 0.5) is 5.00 Å². The molecule has 0 unspecified atom stereocenters. The maximum Gasteiger partial charge on any atom is 0.252 e. The van der Waals surface area contributed by atoms with Crippen LogP contribution in [-0.2, 0) is 24.1 Å². The average molecular weight is 435 g/mol. The van der Waals surface area contributed by atoms with Gasteiger partial charge < -0.3 is 20.5 Å². The number of amides is 2. The average Bonchev–Trinajstić information content (AvgIpc) is 3.02. The quantitative estimate of drug-likeness (QED) is 0.650. The van der Waals surface area contributed by atoms with Crippen molar-refractivity contribution in [2.24, 2.45) is 5.73 Å². The fourth-order valence-electron chi connectivity index (χ4n) is 4.24. The molecule has 5 rings (SSSR count). The lowest BCUT2D eigenvalue weighted by Gasteiger charge is -2.18. The summed E-state index contributed by atoms with van der Waals surface area (Å²) in [5.41, 5.74) is 10.1. The molecule has 7 heteroatoms. The van der Waals surface area contributed by atoms with Gasteiger partial charge in [-0.15, -0.1) is 11.3 Å². The number of fused-ring (bicyclic) bond motifs is 4. The highest BCUT2D eigenvalue weighted by Gasteiger charge is 2.27. The van der Waals surface area contributed by atoms with Gasteiger partial charge in [0.15, 0.2) is 11.5 Å². The molecule has 0 atom stereocenters. The van der Waals surface area contributed by atoms with Crippen LogP contribution in [0.3, 0.4) is 0 Å². The molecule has 1 aliphatic heterocycles. The number of ether oxygens (including phenoxy) is 2. The van der Waals surface area contributed by atoms with E-state index in [0.29, 0.717) is 35.3 Å². The number of hydrogen-bond donors (Lipinski definition) is 2. The predicted molar refractivity (Wildman–Crippen MR) is 120 cm³/mol. The van der Waals surface area contributed by atoms with Crippen LogP contribution >= 0.6 is 11.3 Å². The van der Waals surface area contributed by atoms with E-state index in [-0.39, 0.29) is 12.3 Å². The summed E-state index contributed by atoms with van der Waals surface area (Å²) in [6.07, 6.45) is 2.97. The van der Waals surface area contributed by atoms with Gasteiger partial charge in [0.2, 0.25) is 5.91 Å². The van der Waals surface area contributed by atoms with Gasteiger partial charge in [0.1, 0.15) is 18.2 Å². The maximum atomic E-state index is 12.8. The van der Waals surface area contributed by atoms with Crippen molar-refractivity contribution < 1.29 is 19.1 Å². The first kappa shape index (κ1) is 19.6. The lowest BCUT2D eigenvalue weighted by molar-refractivity contribution is -0.115. The van der Waals surface area contributed by atoms with Crippen molar-refractivity contribution in [2.75, 3.05) is 18.5 Å². The normalized spacial score (nSPS) is 14.2. The van der Waals surface area contributed by atoms with Crippen molar-refractivity contribution in [1.29, 1.82) is 0 Å². The molecular weight excluding hydrogens is 412 g/mol. The van der Waals surface area contributed by atoms with Crippen LogP contribution in [-0.4, -0.2) is 25.0 Å². The topological polar surface area (TPSA) is 90.7 Å². The van der Waals surface area contributed by atoms with Gasteiger partial charge in [-0.05, 0) is 48.1 Å². The number of carbonyl (C=O) groups excluding carboxylic acids is 2. The zero-order chi connectivity index (χ0) is 21.4. The van der Waals surface area contributed by atoms with Gasteiger partial charge in [0.05, 0.1) is 12.0 Å². The van der Waals surface area contributed by atoms with E-state index in [4.69, 9.17) is 15.2 Å². The number of rotatable bonds is 4. The summed E-state index contributed by atoms with van der Waals surface area (Å²) in [4.78, 5) is 26.3. The Kier molecular flexibility index (Phi) is 5.11. The lowest BCUT2D eigenvalue weighted by Crippen LogP contribution is -2.19. The van der Waals surface area contributed by atoms with E-state index in [9.17, 15) is 9.59 Å². The highest BCUT2D eigenvalue weighted by atomic mass is 32.1. The molecule has 3 N–H and O–H groups in total. The van der Waals surface area contributed by atoms with Crippen LogP contribution in [0.15, 0.2) is 42.5 Å². The van der Waals surface area contributed by atoms with Crippen molar-refractivity contribution in [2.45, 2.75) is 25.7 Å². The minimum absolute atomic E-state index is 0.161. The third kappa shape index (κ3) is 3.77. The molecule has 2 heterocycles. The number of aryl methyl sites for hydroxylation is 2. The summed E-state index contributed by atoms with van der Waals surface area (Å²) in [6, 6.07) is 13.6. The Hall–Kier alpha value is -3.32. The van der Waals surface area contributed by atoms with Crippen molar-refractivity contribution in [3.63, 3.8) is 0 Å². The van der Waals surface area contributed by atoms with Gasteiger partial charge in [-0.2, -0.15) is 0 Å². The molecule has 31 heavy (non-hydrogen) atoms. The van der Waals surface area contributed by atoms with E-state index in [0.717, 1.165) is 40.8 Å². The SMILES string of the molecule is NC(=O)c1c(NC(=O)Cc2ccc3c(c2)OCCO3)sc2c1-c1ccccc1CCC2. The Morgan fingerprint density at radius 3 is 2.68 bits per heavy atom. The van der Waals surface area contributed by atoms with E-state index in [2.05, 4.69) is 11.4 Å². The molecule has 1 aliphatic carbocycles. The third-order valence-corrected chi connectivity index (χ3v) is 6.75. The summed E-state index contributed by atoms with van der Waals surface area (Å²) >= 11 is 1.45. The van der Waals surface area contributed by atoms with E-state index < -0.39 is 5.91 Å². The van der Waals surface area contributed by atoms with Gasteiger partial charge in [-0.1, -0.05) is 30.3 Å². The first-order valence-electron chi connectivity index (χ1n) is 10.3. The molecule has 2 aromatic carbocycles. The second kappa shape index (κ2) is 8.07. The summed E-state index contributed by atoms with van der Waals surface area (Å²) in [5, 5.41) is 3.46. The predicted octanol–water partition coefficient (Wildman–Crippen LogP) is 3.96. The number of thiophene rings is 1. The Morgan fingerprint density at radius 2 is 1.84 bits per heavy atom. The van der Waals surface area contributed by atoms with Crippen molar-refractivity contribution in [1.82, 2.24) is 0 Å². The van der Waals surface area contributed by atoms with Gasteiger partial charge in [-0.3, -0.25) is 9.59 Å². The summed E-state index contributed by atoms with van der Waals surface area (Å²) in [6.45, 7) is 1.02. The Balaban J connectivity index is 1.44. The highest BCUT2D eigenvalue weighted by molar-refractivity contribution is 7.17. The smallest absolute Gasteiger partial charge is 0.252 e. The second-order valence-electron chi connectivity index (χ2n) is 7.68. The minimum Gasteiger partial charge on any atom is -0.486 e. The zero-order valence-corrected chi connectivity index (χ0v) is 17.7. The maximum absolute atomic E-state index is 12.8. The molecule has 158 valence electrons. The number of carbonyl (C=O) groups is 2. The number of hydrogen-bond acceptors (Lipinski definition) is 5. The van der Waals surface area contributed by atoms with E-state index in [1.54, 1.807) is 0 Å². The first-order chi connectivity index (χ1) is 15.1. The fourth-order valence-corrected chi connectivity index (χ4v) is 5.51. The third-order valence-electron chi connectivity index (χ3n) is 5.59. The van der Waals surface area contributed by atoms with Gasteiger partial charge in [0, 0.05) is 10.4 Å². The molecule has 0 fully saturated rings. The second-order valence-corrected chi connectivity index (χ2v) is 8.79. The number of nitrogens with two attached hydrogens (primary N) is 1. The Morgan fingerprint density at radius 1 is 1.03 bits per heavy atom. The molecule has 2 aliphatic rings. The number of nitrogens with one attached hydrogen (secondary N) is 1. The Bertz CT molecular complexity index is 1180. The molecule has 0 bridgehead atoms. The van der Waals surface area contributed by atoms with Crippen LogP contribution < -0.4 is 20.5 Å². The molecule has 0 saturated heterocycles. The van der Waals surface area contributed by atoms with Crippen LogP contribution in [0.1, 0.15) is 32.8 Å². The van der Waals surface area contributed by atoms with Gasteiger partial charge in [-0.25, -0.2) is 0 Å². The zero-order valence-electron chi connectivity index (χ0n) is 16.9. The molecule has 0 saturated carbocycles. The molecule has 0 spiro atoms. The van der Waals surface area contributed by atoms with E-state index in [1.165, 1.54) is 16.9 Å². The van der Waals surface area contributed by atoms with E-state index in [1.807, 2.05) is 36.4 Å². The molecule has 1 aromatic heterocycles. The number of benzene rings is 2. The molecule has 0 radical (unpaired) electrons. The monoisotopic (exact) mass is 434 g/mol. The Labute approximate surface area is 184 Å². The van der Waals surface area contributed by atoms with Crippen LogP contribution in [0.25, 0.3) is 11.1 Å². The summed E-state index contributed by atoms with van der Waals surface area (Å²) in [7, 11) is 0. The van der Waals surface area contributed by atoms with Gasteiger partial charge in [0.25, 0.3) is 5.91 Å². The largest absolute Gasteiger partial charge is 0.486 e. The molecule has 2 amide bonds. The van der Waals surface area contributed by atoms with E-state index >= 15 is 0 Å². The summed E-state index contributed by atoms with van der Waals surface area (Å²) in [5.74, 6) is 0.605. The fraction of sp³-hybridized carbons (Fsp3) is 0.250. The first-order valence-corrected chi connectivity index (χ1v) is 11.1. The summed E-state index contributed by atoms with van der Waals surface area (Å²) < 4.78 is 11.1. The molecule has 3 aromatic rings. The van der Waals surface area contributed by atoms with Crippen LogP contribution in [0.5, 0.6) is 11.5 Å². The van der Waals surface area contributed by atoms with Crippen molar-refractivity contribution >= 4 is 28.2 Å². The number of anilines is 1. The van der Waals surface area contributed by atoms with Gasteiger partial charge >= 0.3 is 0 Å². The lowest BCUT2D eigenvalue weighted by atomic mass is 9.96.